The Labute approximate surface area is 219 Å². The van der Waals surface area contributed by atoms with Crippen LogP contribution in [0.2, 0.25) is 10.0 Å². The van der Waals surface area contributed by atoms with Crippen LogP contribution in [-0.4, -0.2) is 61.8 Å². The molecule has 0 aromatic carbocycles. The van der Waals surface area contributed by atoms with Crippen LogP contribution in [0.25, 0.3) is 0 Å². The van der Waals surface area contributed by atoms with Crippen LogP contribution in [0, 0.1) is 18.8 Å². The number of fused-ring (bicyclic) bond motifs is 1. The number of carboxylic acids is 1. The SMILES string of the molecule is CCn1nccc1NC(=O)Cc1nc(N2C[C@@H]3C(NC(=O)c4[nH]c(C)c(Cl)c4Cl)[C@@H]3C2)sc1C(=O)O. The van der Waals surface area contributed by atoms with Gasteiger partial charge in [-0.2, -0.15) is 5.10 Å². The summed E-state index contributed by atoms with van der Waals surface area (Å²) < 4.78 is 1.63. The number of hydrogen-bond donors (Lipinski definition) is 4. The van der Waals surface area contributed by atoms with Crippen molar-refractivity contribution in [3.8, 4) is 0 Å². The van der Waals surface area contributed by atoms with Crippen molar-refractivity contribution in [1.29, 1.82) is 0 Å². The number of hydrogen-bond acceptors (Lipinski definition) is 7. The number of carbonyl (C=O) groups excluding carboxylic acids is 2. The molecule has 190 valence electrons. The summed E-state index contributed by atoms with van der Waals surface area (Å²) in [5, 5.41) is 20.6. The van der Waals surface area contributed by atoms with Crippen molar-refractivity contribution in [3.63, 3.8) is 0 Å². The van der Waals surface area contributed by atoms with Gasteiger partial charge in [-0.15, -0.1) is 0 Å². The first-order chi connectivity index (χ1) is 17.2. The third kappa shape index (κ3) is 4.44. The number of piperidine rings is 1. The van der Waals surface area contributed by atoms with E-state index in [0.29, 0.717) is 41.3 Å². The third-order valence-electron chi connectivity index (χ3n) is 6.54. The van der Waals surface area contributed by atoms with Gasteiger partial charge in [-0.25, -0.2) is 14.5 Å². The van der Waals surface area contributed by atoms with E-state index in [1.54, 1.807) is 23.9 Å². The smallest absolute Gasteiger partial charge is 0.347 e. The first kappa shape index (κ1) is 24.6. The molecule has 1 aliphatic heterocycles. The molecular weight excluding hydrogens is 529 g/mol. The van der Waals surface area contributed by atoms with Gasteiger partial charge in [0, 0.05) is 49.3 Å². The summed E-state index contributed by atoms with van der Waals surface area (Å²) in [6.07, 6.45) is 1.42. The number of nitrogens with one attached hydrogen (secondary N) is 3. The average molecular weight is 552 g/mol. The van der Waals surface area contributed by atoms with Crippen LogP contribution in [-0.2, 0) is 17.8 Å². The quantitative estimate of drug-likeness (QED) is 0.336. The number of aryl methyl sites for hydroxylation is 2. The van der Waals surface area contributed by atoms with Gasteiger partial charge in [0.1, 0.15) is 16.4 Å². The fourth-order valence-electron chi connectivity index (χ4n) is 4.64. The molecular formula is C22H23Cl2N7O4S. The van der Waals surface area contributed by atoms with Gasteiger partial charge in [-0.3, -0.25) is 9.59 Å². The van der Waals surface area contributed by atoms with Crippen LogP contribution in [0.5, 0.6) is 0 Å². The van der Waals surface area contributed by atoms with Crippen molar-refractivity contribution < 1.29 is 19.5 Å². The van der Waals surface area contributed by atoms with Crippen LogP contribution in [0.4, 0.5) is 10.9 Å². The minimum absolute atomic E-state index is 0.000213. The van der Waals surface area contributed by atoms with Gasteiger partial charge in [-0.05, 0) is 13.8 Å². The minimum atomic E-state index is -1.12. The number of aromatic nitrogens is 4. The molecule has 0 radical (unpaired) electrons. The Morgan fingerprint density at radius 3 is 2.58 bits per heavy atom. The van der Waals surface area contributed by atoms with Gasteiger partial charge in [0.25, 0.3) is 5.91 Å². The number of anilines is 2. The predicted octanol–water partition coefficient (Wildman–Crippen LogP) is 3.05. The van der Waals surface area contributed by atoms with Gasteiger partial charge in [0.05, 0.1) is 28.4 Å². The summed E-state index contributed by atoms with van der Waals surface area (Å²) in [6, 6.07) is 1.68. The highest BCUT2D eigenvalue weighted by molar-refractivity contribution is 7.17. The molecule has 14 heteroatoms. The maximum absolute atomic E-state index is 12.6. The van der Waals surface area contributed by atoms with Gasteiger partial charge < -0.3 is 25.6 Å². The van der Waals surface area contributed by atoms with Gasteiger partial charge in [-0.1, -0.05) is 34.5 Å². The van der Waals surface area contributed by atoms with Crippen LogP contribution < -0.4 is 15.5 Å². The van der Waals surface area contributed by atoms with Gasteiger partial charge in [0.15, 0.2) is 5.13 Å². The first-order valence-electron chi connectivity index (χ1n) is 11.3. The Bertz CT molecular complexity index is 1350. The Kier molecular flexibility index (Phi) is 6.43. The van der Waals surface area contributed by atoms with E-state index in [0.717, 1.165) is 11.3 Å². The third-order valence-corrected chi connectivity index (χ3v) is 8.63. The molecule has 1 unspecified atom stereocenters. The highest BCUT2D eigenvalue weighted by Gasteiger charge is 2.57. The summed E-state index contributed by atoms with van der Waals surface area (Å²) in [7, 11) is 0. The van der Waals surface area contributed by atoms with E-state index in [2.05, 4.69) is 25.7 Å². The van der Waals surface area contributed by atoms with Crippen molar-refractivity contribution in [2.75, 3.05) is 23.3 Å². The van der Waals surface area contributed by atoms with E-state index >= 15 is 0 Å². The topological polar surface area (TPSA) is 145 Å². The maximum Gasteiger partial charge on any atom is 0.347 e. The molecule has 2 amide bonds. The predicted molar refractivity (Wildman–Crippen MR) is 135 cm³/mol. The summed E-state index contributed by atoms with van der Waals surface area (Å²) in [4.78, 5) is 46.5. The lowest BCUT2D eigenvalue weighted by molar-refractivity contribution is -0.115. The van der Waals surface area contributed by atoms with E-state index in [4.69, 9.17) is 23.2 Å². The summed E-state index contributed by atoms with van der Waals surface area (Å²) in [6.45, 7) is 5.49. The lowest BCUT2D eigenvalue weighted by atomic mass is 10.2. The summed E-state index contributed by atoms with van der Waals surface area (Å²) in [5.41, 5.74) is 1.10. The lowest BCUT2D eigenvalue weighted by Crippen LogP contribution is -2.34. The fourth-order valence-corrected chi connectivity index (χ4v) is 6.00. The molecule has 2 fully saturated rings. The molecule has 5 rings (SSSR count). The van der Waals surface area contributed by atoms with Gasteiger partial charge in [0.2, 0.25) is 5.91 Å². The molecule has 3 aromatic heterocycles. The van der Waals surface area contributed by atoms with E-state index in [9.17, 15) is 19.5 Å². The Balaban J connectivity index is 1.21. The second-order valence-electron chi connectivity index (χ2n) is 8.82. The van der Waals surface area contributed by atoms with Crippen LogP contribution in [0.15, 0.2) is 12.3 Å². The molecule has 1 saturated heterocycles. The monoisotopic (exact) mass is 551 g/mol. The lowest BCUT2D eigenvalue weighted by Gasteiger charge is -2.19. The standard InChI is InChI=1S/C22H23Cl2N7O4S/c1-3-31-13(4-5-25-31)28-14(32)6-12-19(21(34)35)36-22(27-12)30-7-10-11(8-30)17(10)29-20(33)18-16(24)15(23)9(2)26-18/h4-5,10-11,17,26H,3,6-8H2,1-2H3,(H,28,32)(H,29,33)(H,34,35)/t10-,11+,17?. The minimum Gasteiger partial charge on any atom is -0.477 e. The molecule has 0 spiro atoms. The molecule has 3 aromatic rings. The van der Waals surface area contributed by atoms with E-state index in [1.807, 2.05) is 11.8 Å². The Morgan fingerprint density at radius 1 is 1.25 bits per heavy atom. The number of amides is 2. The van der Waals surface area contributed by atoms with Crippen molar-refractivity contribution in [2.24, 2.45) is 11.8 Å². The molecule has 4 heterocycles. The molecule has 36 heavy (non-hydrogen) atoms. The number of aromatic carboxylic acids is 1. The summed E-state index contributed by atoms with van der Waals surface area (Å²) in [5.74, 6) is -0.807. The van der Waals surface area contributed by atoms with Crippen LogP contribution in [0.1, 0.15) is 38.5 Å². The van der Waals surface area contributed by atoms with E-state index < -0.39 is 5.97 Å². The largest absolute Gasteiger partial charge is 0.477 e. The highest BCUT2D eigenvalue weighted by Crippen LogP contribution is 2.48. The van der Waals surface area contributed by atoms with Crippen LogP contribution >= 0.6 is 34.5 Å². The van der Waals surface area contributed by atoms with Gasteiger partial charge >= 0.3 is 5.97 Å². The first-order valence-corrected chi connectivity index (χ1v) is 12.9. The molecule has 1 aliphatic carbocycles. The Hall–Kier alpha value is -3.09. The average Bonchev–Trinajstić information content (AvgIpc) is 3.36. The zero-order valence-electron chi connectivity index (χ0n) is 19.3. The van der Waals surface area contributed by atoms with E-state index in [-0.39, 0.29) is 57.4 Å². The van der Waals surface area contributed by atoms with E-state index in [1.165, 1.54) is 0 Å². The molecule has 4 N–H and O–H groups in total. The summed E-state index contributed by atoms with van der Waals surface area (Å²) >= 11 is 13.3. The Morgan fingerprint density at radius 2 is 1.97 bits per heavy atom. The normalized spacial score (nSPS) is 20.3. The number of halogens is 2. The molecule has 11 nitrogen and oxygen atoms in total. The molecule has 3 atom stereocenters. The molecule has 0 bridgehead atoms. The van der Waals surface area contributed by atoms with Crippen molar-refractivity contribution in [2.45, 2.75) is 32.9 Å². The highest BCUT2D eigenvalue weighted by atomic mass is 35.5. The van der Waals surface area contributed by atoms with Crippen molar-refractivity contribution >= 4 is 63.3 Å². The number of H-pyrrole nitrogens is 1. The number of rotatable bonds is 8. The van der Waals surface area contributed by atoms with Crippen molar-refractivity contribution in [3.05, 3.63) is 44.3 Å². The zero-order chi connectivity index (χ0) is 25.7. The number of carbonyl (C=O) groups is 3. The van der Waals surface area contributed by atoms with Crippen LogP contribution in [0.3, 0.4) is 0 Å². The number of nitrogens with zero attached hydrogens (tertiary/aromatic N) is 4. The molecule has 2 aliphatic rings. The maximum atomic E-state index is 12.6. The zero-order valence-corrected chi connectivity index (χ0v) is 21.7. The number of aromatic amines is 1. The fraction of sp³-hybridized carbons (Fsp3) is 0.409. The second kappa shape index (κ2) is 9.41. The van der Waals surface area contributed by atoms with Crippen molar-refractivity contribution in [1.82, 2.24) is 25.1 Å². The molecule has 1 saturated carbocycles. The number of thiazole rings is 1. The second-order valence-corrected chi connectivity index (χ2v) is 10.6. The number of carboxylic acid groups (broad SMARTS) is 1.